The van der Waals surface area contributed by atoms with Gasteiger partial charge in [-0.3, -0.25) is 0 Å². The van der Waals surface area contributed by atoms with Gasteiger partial charge >= 0.3 is 0 Å². The molecular formula is C54H36O2P2S2. The Morgan fingerprint density at radius 3 is 0.867 bits per heavy atom. The van der Waals surface area contributed by atoms with Crippen LogP contribution in [0.3, 0.4) is 0 Å². The van der Waals surface area contributed by atoms with E-state index in [1.54, 1.807) is 0 Å². The number of hydrogen-bond donors (Lipinski definition) is 0. The van der Waals surface area contributed by atoms with Crippen LogP contribution in [0, 0.1) is 0 Å². The van der Waals surface area contributed by atoms with Gasteiger partial charge in [-0.15, -0.1) is 22.7 Å². The van der Waals surface area contributed by atoms with Crippen LogP contribution >= 0.6 is 37.0 Å². The van der Waals surface area contributed by atoms with E-state index in [4.69, 9.17) is 0 Å². The van der Waals surface area contributed by atoms with Crippen LogP contribution in [-0.2, 0) is 9.13 Å². The van der Waals surface area contributed by atoms with E-state index in [9.17, 15) is 0 Å². The molecule has 0 spiro atoms. The van der Waals surface area contributed by atoms with Crippen LogP contribution in [0.15, 0.2) is 218 Å². The van der Waals surface area contributed by atoms with Gasteiger partial charge in [0.05, 0.1) is 0 Å². The highest BCUT2D eigenvalue weighted by atomic mass is 32.1. The monoisotopic (exact) mass is 842 g/mol. The quantitative estimate of drug-likeness (QED) is 0.143. The van der Waals surface area contributed by atoms with Gasteiger partial charge in [0, 0.05) is 83.3 Å². The van der Waals surface area contributed by atoms with Crippen molar-refractivity contribution < 1.29 is 9.13 Å². The zero-order chi connectivity index (χ0) is 40.3. The number of thiophene rings is 2. The molecule has 0 radical (unpaired) electrons. The van der Waals surface area contributed by atoms with Gasteiger partial charge in [-0.2, -0.15) is 0 Å². The summed E-state index contributed by atoms with van der Waals surface area (Å²) in [5.41, 5.74) is 4.56. The molecule has 0 aliphatic rings. The molecule has 0 atom stereocenters. The maximum Gasteiger partial charge on any atom is 0.171 e. The molecule has 0 saturated heterocycles. The van der Waals surface area contributed by atoms with Gasteiger partial charge in [0.2, 0.25) is 0 Å². The molecule has 0 aliphatic heterocycles. The standard InChI is InChI=1S/C54H36O2P2S2/c55-57(39-17-5-1-6-18-39,40-19-7-2-8-20-40)43-33-29-37(30-34-43)49-51-45-25-13-15-27-47(45)60-54(51)50(52-46-26-14-16-28-48(46)59-53(49)52)38-31-35-44(36-32-38)58(56,41-21-9-3-10-22-41)42-23-11-4-12-24-42/h1-36H. The number of rotatable bonds is 8. The topological polar surface area (TPSA) is 34.1 Å². The Labute approximate surface area is 356 Å². The molecule has 2 heterocycles. The summed E-state index contributed by atoms with van der Waals surface area (Å²) in [6.07, 6.45) is 0. The Morgan fingerprint density at radius 2 is 0.550 bits per heavy atom. The highest BCUT2D eigenvalue weighted by Gasteiger charge is 2.32. The maximum atomic E-state index is 15.4. The summed E-state index contributed by atoms with van der Waals surface area (Å²) < 4.78 is 35.6. The van der Waals surface area contributed by atoms with E-state index in [-0.39, 0.29) is 0 Å². The van der Waals surface area contributed by atoms with Crippen LogP contribution in [0.1, 0.15) is 0 Å². The predicted molar refractivity (Wildman–Crippen MR) is 262 cm³/mol. The molecule has 0 unspecified atom stereocenters. The lowest BCUT2D eigenvalue weighted by Gasteiger charge is -2.21. The molecule has 6 heteroatoms. The third-order valence-electron chi connectivity index (χ3n) is 11.7. The van der Waals surface area contributed by atoms with E-state index in [0.29, 0.717) is 0 Å². The largest absolute Gasteiger partial charge is 0.309 e. The van der Waals surface area contributed by atoms with E-state index in [1.807, 2.05) is 144 Å². The lowest BCUT2D eigenvalue weighted by Crippen LogP contribution is -2.24. The molecule has 0 bridgehead atoms. The summed E-state index contributed by atoms with van der Waals surface area (Å²) in [4.78, 5) is 0. The van der Waals surface area contributed by atoms with Crippen LogP contribution in [-0.4, -0.2) is 0 Å². The number of hydrogen-bond acceptors (Lipinski definition) is 4. The van der Waals surface area contributed by atoms with Gasteiger partial charge in [-0.25, -0.2) is 0 Å². The third kappa shape index (κ3) is 5.82. The van der Waals surface area contributed by atoms with Crippen molar-refractivity contribution in [3.63, 3.8) is 0 Å². The second kappa shape index (κ2) is 14.9. The molecule has 286 valence electrons. The zero-order valence-corrected chi connectivity index (χ0v) is 35.7. The van der Waals surface area contributed by atoms with Crippen molar-refractivity contribution in [2.45, 2.75) is 0 Å². The normalized spacial score (nSPS) is 12.1. The summed E-state index contributed by atoms with van der Waals surface area (Å²) in [5.74, 6) is 0. The van der Waals surface area contributed by atoms with Gasteiger partial charge in [0.1, 0.15) is 0 Å². The van der Waals surface area contributed by atoms with E-state index in [2.05, 4.69) is 97.1 Å². The number of fused-ring (bicyclic) bond motifs is 6. The second-order valence-corrected chi connectivity index (χ2v) is 22.6. The third-order valence-corrected chi connectivity index (χ3v) is 20.2. The Bertz CT molecular complexity index is 3130. The van der Waals surface area contributed by atoms with Crippen molar-refractivity contribution >= 4 is 109 Å². The van der Waals surface area contributed by atoms with Gasteiger partial charge in [0.25, 0.3) is 0 Å². The van der Waals surface area contributed by atoms with Gasteiger partial charge < -0.3 is 9.13 Å². The van der Waals surface area contributed by atoms with Crippen LogP contribution in [0.25, 0.3) is 62.6 Å². The smallest absolute Gasteiger partial charge is 0.171 e. The van der Waals surface area contributed by atoms with Gasteiger partial charge in [0.15, 0.2) is 14.3 Å². The summed E-state index contributed by atoms with van der Waals surface area (Å²) in [5, 5.41) is 9.76. The minimum absolute atomic E-state index is 0.808. The Morgan fingerprint density at radius 1 is 0.283 bits per heavy atom. The summed E-state index contributed by atoms with van der Waals surface area (Å²) in [6, 6.07) is 74.0. The highest BCUT2D eigenvalue weighted by molar-refractivity contribution is 7.85. The summed E-state index contributed by atoms with van der Waals surface area (Å²) >= 11 is 3.66. The molecule has 60 heavy (non-hydrogen) atoms. The second-order valence-electron chi connectivity index (χ2n) is 15.0. The van der Waals surface area contributed by atoms with E-state index < -0.39 is 14.3 Å². The minimum atomic E-state index is -3.15. The maximum absolute atomic E-state index is 15.4. The zero-order valence-electron chi connectivity index (χ0n) is 32.3. The van der Waals surface area contributed by atoms with Crippen molar-refractivity contribution in [2.24, 2.45) is 0 Å². The average Bonchev–Trinajstić information content (AvgIpc) is 3.90. The fourth-order valence-corrected chi connectivity index (χ4v) is 16.7. The molecule has 0 amide bonds. The van der Waals surface area contributed by atoms with E-state index >= 15 is 9.13 Å². The molecule has 2 nitrogen and oxygen atoms in total. The first-order chi connectivity index (χ1) is 29.5. The van der Waals surface area contributed by atoms with Crippen LogP contribution in [0.5, 0.6) is 0 Å². The number of benzene rings is 9. The summed E-state index contributed by atoms with van der Waals surface area (Å²) in [7, 11) is -6.31. The summed E-state index contributed by atoms with van der Waals surface area (Å²) in [6.45, 7) is 0. The van der Waals surface area contributed by atoms with Crippen molar-refractivity contribution in [2.75, 3.05) is 0 Å². The van der Waals surface area contributed by atoms with Crippen LogP contribution < -0.4 is 31.8 Å². The molecular weight excluding hydrogens is 807 g/mol. The molecule has 9 aromatic carbocycles. The SMILES string of the molecule is O=P(c1ccccc1)(c1ccccc1)c1ccc(-c2c3sc4ccccc4c3c(-c3ccc(P(=O)(c4ccccc4)c4ccccc4)cc3)c3sc4ccccc4c23)cc1. The minimum Gasteiger partial charge on any atom is -0.309 e. The first-order valence-corrected chi connectivity index (χ1v) is 25.0. The molecule has 2 aromatic heterocycles. The van der Waals surface area contributed by atoms with E-state index in [0.717, 1.165) is 43.0 Å². The molecule has 11 aromatic rings. The van der Waals surface area contributed by atoms with Crippen molar-refractivity contribution in [1.29, 1.82) is 0 Å². The fraction of sp³-hybridized carbons (Fsp3) is 0. The first-order valence-electron chi connectivity index (χ1n) is 20.0. The molecule has 11 rings (SSSR count). The highest BCUT2D eigenvalue weighted by Crippen LogP contribution is 2.54. The average molecular weight is 843 g/mol. The van der Waals surface area contributed by atoms with E-state index in [1.165, 1.54) is 51.5 Å². The molecule has 0 N–H and O–H groups in total. The Balaban J connectivity index is 1.15. The Hall–Kier alpha value is -6.12. The van der Waals surface area contributed by atoms with Crippen molar-refractivity contribution in [1.82, 2.24) is 0 Å². The lowest BCUT2D eigenvalue weighted by molar-refractivity contribution is 0.591. The van der Waals surface area contributed by atoms with Crippen molar-refractivity contribution in [3.8, 4) is 22.3 Å². The first kappa shape index (κ1) is 36.9. The molecule has 0 aliphatic carbocycles. The lowest BCUT2D eigenvalue weighted by atomic mass is 9.91. The molecule has 0 saturated carbocycles. The van der Waals surface area contributed by atoms with Gasteiger partial charge in [-0.1, -0.05) is 206 Å². The van der Waals surface area contributed by atoms with Crippen LogP contribution in [0.4, 0.5) is 0 Å². The van der Waals surface area contributed by atoms with Gasteiger partial charge in [-0.05, 0) is 23.3 Å². The fourth-order valence-electron chi connectivity index (χ4n) is 8.84. The Kier molecular flexibility index (Phi) is 9.14. The predicted octanol–water partition coefficient (Wildman–Crippen LogP) is 13.0. The van der Waals surface area contributed by atoms with Crippen LogP contribution in [0.2, 0.25) is 0 Å². The van der Waals surface area contributed by atoms with Crippen molar-refractivity contribution in [3.05, 3.63) is 218 Å². The molecule has 0 fully saturated rings.